The van der Waals surface area contributed by atoms with E-state index in [0.29, 0.717) is 19.3 Å². The number of carbonyl (C=O) groups excluding carboxylic acids is 2. The molecule has 0 fully saturated rings. The van der Waals surface area contributed by atoms with E-state index in [2.05, 4.69) is 68.5 Å². The van der Waals surface area contributed by atoms with Crippen LogP contribution in [0.3, 0.4) is 0 Å². The number of allylic oxidation sites excluding steroid dienone is 10. The van der Waals surface area contributed by atoms with Crippen molar-refractivity contribution in [3.05, 3.63) is 60.8 Å². The van der Waals surface area contributed by atoms with Crippen molar-refractivity contribution in [2.75, 3.05) is 26.4 Å². The van der Waals surface area contributed by atoms with Gasteiger partial charge in [0.05, 0.1) is 19.8 Å². The van der Waals surface area contributed by atoms with E-state index in [-0.39, 0.29) is 19.4 Å². The van der Waals surface area contributed by atoms with Gasteiger partial charge in [0.2, 0.25) is 0 Å². The SMILES string of the molecule is CCCCC/C=C/C/C=C/C/C=C/C/C=C/CCCC(=O)OC[C@H](COP(=O)(O)OC[C@@H](O)CO)OC(=O)CCCCCCCCCCCCC/C=C/CCCCCCCC. The lowest BCUT2D eigenvalue weighted by Crippen LogP contribution is -2.29. The second-order valence-corrected chi connectivity index (χ2v) is 17.6. The van der Waals surface area contributed by atoms with Crippen LogP contribution in [0, 0.1) is 0 Å². The van der Waals surface area contributed by atoms with Gasteiger partial charge in [0.15, 0.2) is 6.10 Å². The van der Waals surface area contributed by atoms with Crippen LogP contribution in [-0.4, -0.2) is 65.7 Å². The molecule has 3 N–H and O–H groups in total. The lowest BCUT2D eigenvalue weighted by molar-refractivity contribution is -0.161. The number of phosphoric acid groups is 1. The standard InChI is InChI=1S/C50H89O10P/c1-3-5-7-9-11-13-15-17-19-21-22-23-24-26-28-30-32-34-36-38-40-42-50(54)60-48(46-59-61(55,56)58-44-47(52)43-51)45-57-49(53)41-39-37-35-33-31-29-27-25-20-18-16-14-12-10-8-6-4-2/h12,14,17-20,27,29,33,35,47-48,51-52H,3-11,13,15-16,21-26,28,30-32,34,36-46H2,1-2H3,(H,55,56)/b14-12+,19-17+,20-18+,29-27+,35-33+/t47-,48+/m0/s1. The molecule has 0 aromatic carbocycles. The monoisotopic (exact) mass is 881 g/mol. The number of carbonyl (C=O) groups is 2. The molecule has 0 aromatic heterocycles. The van der Waals surface area contributed by atoms with E-state index in [1.165, 1.54) is 116 Å². The maximum atomic E-state index is 12.7. The molecule has 0 rings (SSSR count). The summed E-state index contributed by atoms with van der Waals surface area (Å²) in [5.41, 5.74) is 0. The molecule has 11 heteroatoms. The molecule has 1 unspecified atom stereocenters. The zero-order valence-corrected chi connectivity index (χ0v) is 39.5. The lowest BCUT2D eigenvalue weighted by Gasteiger charge is -2.20. The first-order valence-corrected chi connectivity index (χ1v) is 25.7. The number of esters is 2. The molecule has 0 heterocycles. The van der Waals surface area contributed by atoms with E-state index in [0.717, 1.165) is 44.9 Å². The Morgan fingerprint density at radius 3 is 1.38 bits per heavy atom. The normalized spacial score (nSPS) is 14.2. The number of aliphatic hydroxyl groups excluding tert-OH is 2. The number of ether oxygens (including phenoxy) is 2. The van der Waals surface area contributed by atoms with Gasteiger partial charge in [0.25, 0.3) is 0 Å². The van der Waals surface area contributed by atoms with Crippen LogP contribution >= 0.6 is 7.82 Å². The van der Waals surface area contributed by atoms with Crippen molar-refractivity contribution >= 4 is 19.8 Å². The Labute approximate surface area is 372 Å². The third-order valence-electron chi connectivity index (χ3n) is 10.1. The molecular weight excluding hydrogens is 792 g/mol. The van der Waals surface area contributed by atoms with Crippen LogP contribution in [0.4, 0.5) is 0 Å². The zero-order valence-electron chi connectivity index (χ0n) is 38.6. The summed E-state index contributed by atoms with van der Waals surface area (Å²) in [6, 6.07) is 0. The second-order valence-electron chi connectivity index (χ2n) is 16.1. The van der Waals surface area contributed by atoms with Crippen LogP contribution in [-0.2, 0) is 32.7 Å². The first-order valence-electron chi connectivity index (χ1n) is 24.2. The highest BCUT2D eigenvalue weighted by molar-refractivity contribution is 7.47. The number of hydrogen-bond acceptors (Lipinski definition) is 9. The molecule has 0 saturated heterocycles. The highest BCUT2D eigenvalue weighted by atomic mass is 31.2. The fourth-order valence-electron chi connectivity index (χ4n) is 6.39. The van der Waals surface area contributed by atoms with Crippen LogP contribution in [0.15, 0.2) is 60.8 Å². The van der Waals surface area contributed by atoms with Gasteiger partial charge in [0.1, 0.15) is 12.7 Å². The summed E-state index contributed by atoms with van der Waals surface area (Å²) in [7, 11) is -4.64. The zero-order chi connectivity index (χ0) is 44.8. The van der Waals surface area contributed by atoms with Gasteiger partial charge in [-0.05, 0) is 77.0 Å². The molecule has 0 spiro atoms. The summed E-state index contributed by atoms with van der Waals surface area (Å²) < 4.78 is 32.8. The molecule has 0 radical (unpaired) electrons. The summed E-state index contributed by atoms with van der Waals surface area (Å²) in [5.74, 6) is -0.990. The van der Waals surface area contributed by atoms with Gasteiger partial charge in [-0.3, -0.25) is 18.6 Å². The van der Waals surface area contributed by atoms with E-state index in [9.17, 15) is 24.2 Å². The number of aliphatic hydroxyl groups is 2. The number of hydrogen-bond donors (Lipinski definition) is 3. The van der Waals surface area contributed by atoms with Gasteiger partial charge in [0, 0.05) is 12.8 Å². The summed E-state index contributed by atoms with van der Waals surface area (Å²) >= 11 is 0. The van der Waals surface area contributed by atoms with Crippen LogP contribution in [0.5, 0.6) is 0 Å². The Morgan fingerprint density at radius 2 is 0.869 bits per heavy atom. The fraction of sp³-hybridized carbons (Fsp3) is 0.760. The summed E-state index contributed by atoms with van der Waals surface area (Å²) in [6.45, 7) is 2.30. The summed E-state index contributed by atoms with van der Waals surface area (Å²) in [6.07, 6.45) is 51.9. The van der Waals surface area contributed by atoms with E-state index in [1.807, 2.05) is 6.08 Å². The van der Waals surface area contributed by atoms with Crippen LogP contribution < -0.4 is 0 Å². The Bertz CT molecular complexity index is 1200. The van der Waals surface area contributed by atoms with Crippen molar-refractivity contribution in [1.82, 2.24) is 0 Å². The second kappa shape index (κ2) is 45.7. The highest BCUT2D eigenvalue weighted by Gasteiger charge is 2.27. The predicted octanol–water partition coefficient (Wildman–Crippen LogP) is 13.5. The van der Waals surface area contributed by atoms with Crippen LogP contribution in [0.25, 0.3) is 0 Å². The Kier molecular flexibility index (Phi) is 43.9. The van der Waals surface area contributed by atoms with Gasteiger partial charge < -0.3 is 24.6 Å². The highest BCUT2D eigenvalue weighted by Crippen LogP contribution is 2.43. The molecule has 0 amide bonds. The molecule has 0 aliphatic rings. The molecule has 0 saturated carbocycles. The molecule has 0 aliphatic heterocycles. The van der Waals surface area contributed by atoms with Gasteiger partial charge in [-0.15, -0.1) is 0 Å². The molecule has 0 aliphatic carbocycles. The summed E-state index contributed by atoms with van der Waals surface area (Å²) in [4.78, 5) is 35.1. The van der Waals surface area contributed by atoms with E-state index >= 15 is 0 Å². The average Bonchev–Trinajstić information content (AvgIpc) is 3.25. The van der Waals surface area contributed by atoms with Crippen molar-refractivity contribution in [3.63, 3.8) is 0 Å². The molecule has 3 atom stereocenters. The lowest BCUT2D eigenvalue weighted by atomic mass is 10.0. The van der Waals surface area contributed by atoms with Gasteiger partial charge in [-0.2, -0.15) is 0 Å². The van der Waals surface area contributed by atoms with E-state index < -0.39 is 51.8 Å². The predicted molar refractivity (Wildman–Crippen MR) is 251 cm³/mol. The van der Waals surface area contributed by atoms with Crippen molar-refractivity contribution in [2.24, 2.45) is 0 Å². The fourth-order valence-corrected chi connectivity index (χ4v) is 7.18. The quantitative estimate of drug-likeness (QED) is 0.0233. The largest absolute Gasteiger partial charge is 0.472 e. The molecule has 0 bridgehead atoms. The van der Waals surface area contributed by atoms with E-state index in [4.69, 9.17) is 23.6 Å². The van der Waals surface area contributed by atoms with Crippen molar-refractivity contribution in [1.29, 1.82) is 0 Å². The Hall–Kier alpha value is -2.33. The van der Waals surface area contributed by atoms with E-state index in [1.54, 1.807) is 0 Å². The minimum atomic E-state index is -4.64. The molecular formula is C50H89O10P. The van der Waals surface area contributed by atoms with Crippen molar-refractivity contribution in [3.8, 4) is 0 Å². The smallest absolute Gasteiger partial charge is 0.462 e. The van der Waals surface area contributed by atoms with Crippen LogP contribution in [0.1, 0.15) is 206 Å². The average molecular weight is 881 g/mol. The molecule has 10 nitrogen and oxygen atoms in total. The van der Waals surface area contributed by atoms with Crippen LogP contribution in [0.2, 0.25) is 0 Å². The number of unbranched alkanes of at least 4 members (excludes halogenated alkanes) is 21. The number of phosphoric ester groups is 1. The van der Waals surface area contributed by atoms with Crippen molar-refractivity contribution < 1.29 is 47.8 Å². The molecule has 61 heavy (non-hydrogen) atoms. The van der Waals surface area contributed by atoms with Crippen molar-refractivity contribution in [2.45, 2.75) is 219 Å². The minimum absolute atomic E-state index is 0.164. The topological polar surface area (TPSA) is 149 Å². The Balaban J connectivity index is 4.29. The maximum absolute atomic E-state index is 12.7. The Morgan fingerprint density at radius 1 is 0.492 bits per heavy atom. The first kappa shape index (κ1) is 58.7. The first-order chi connectivity index (χ1) is 29.7. The molecule has 0 aromatic rings. The third kappa shape index (κ3) is 45.5. The summed E-state index contributed by atoms with van der Waals surface area (Å²) in [5, 5.41) is 18.4. The third-order valence-corrected chi connectivity index (χ3v) is 11.1. The van der Waals surface area contributed by atoms with Gasteiger partial charge in [-0.1, -0.05) is 177 Å². The maximum Gasteiger partial charge on any atom is 0.472 e. The minimum Gasteiger partial charge on any atom is -0.462 e. The molecule has 354 valence electrons. The van der Waals surface area contributed by atoms with Gasteiger partial charge >= 0.3 is 19.8 Å². The number of rotatable bonds is 45. The van der Waals surface area contributed by atoms with Gasteiger partial charge in [-0.25, -0.2) is 4.57 Å².